The largest absolute Gasteiger partial charge is 0.389 e. The van der Waals surface area contributed by atoms with Crippen LogP contribution in [0.1, 0.15) is 19.4 Å². The molecule has 1 aromatic carbocycles. The third kappa shape index (κ3) is 5.26. The maximum atomic E-state index is 11.9. The number of hydrogen-bond acceptors (Lipinski definition) is 3. The van der Waals surface area contributed by atoms with Gasteiger partial charge in [-0.3, -0.25) is 4.79 Å². The molecule has 1 amide bonds. The van der Waals surface area contributed by atoms with Crippen molar-refractivity contribution < 1.29 is 4.79 Å². The quantitative estimate of drug-likeness (QED) is 0.629. The molecular weight excluding hydrogens is 238 g/mol. The highest BCUT2D eigenvalue weighted by Gasteiger charge is 2.09. The van der Waals surface area contributed by atoms with Crippen molar-refractivity contribution in [3.05, 3.63) is 41.6 Å². The van der Waals surface area contributed by atoms with Gasteiger partial charge in [0.15, 0.2) is 0 Å². The fourth-order valence-corrected chi connectivity index (χ4v) is 1.47. The van der Waals surface area contributed by atoms with Crippen molar-refractivity contribution in [1.82, 2.24) is 5.32 Å². The van der Waals surface area contributed by atoms with Gasteiger partial charge < -0.3 is 10.6 Å². The Bertz CT molecular complexity index is 512. The molecule has 0 heterocycles. The summed E-state index contributed by atoms with van der Waals surface area (Å²) in [6.07, 6.45) is 1.46. The maximum absolute atomic E-state index is 11.9. The molecule has 1 aromatic rings. The minimum Gasteiger partial charge on any atom is -0.389 e. The molecule has 0 saturated heterocycles. The lowest BCUT2D eigenvalue weighted by molar-refractivity contribution is -0.112. The van der Waals surface area contributed by atoms with E-state index in [0.29, 0.717) is 11.6 Å². The van der Waals surface area contributed by atoms with E-state index < -0.39 is 5.91 Å². The first-order valence-corrected chi connectivity index (χ1v) is 6.24. The molecule has 19 heavy (non-hydrogen) atoms. The molecule has 0 spiro atoms. The minimum atomic E-state index is -0.399. The van der Waals surface area contributed by atoms with Gasteiger partial charge >= 0.3 is 0 Å². The number of amides is 1. The van der Waals surface area contributed by atoms with Crippen LogP contribution in [0.25, 0.3) is 0 Å². The second kappa shape index (κ2) is 7.22. The number of nitrogens with zero attached hydrogens (tertiary/aromatic N) is 1. The highest BCUT2D eigenvalue weighted by Crippen LogP contribution is 2.10. The molecule has 4 heteroatoms. The van der Waals surface area contributed by atoms with Crippen LogP contribution in [-0.2, 0) is 4.79 Å². The van der Waals surface area contributed by atoms with Crippen molar-refractivity contribution in [2.75, 3.05) is 11.9 Å². The van der Waals surface area contributed by atoms with Gasteiger partial charge in [0.1, 0.15) is 11.6 Å². The number of carbonyl (C=O) groups excluding carboxylic acids is 1. The van der Waals surface area contributed by atoms with Crippen molar-refractivity contribution >= 4 is 11.6 Å². The molecule has 0 saturated carbocycles. The zero-order valence-electron chi connectivity index (χ0n) is 11.5. The van der Waals surface area contributed by atoms with Crippen molar-refractivity contribution in [2.24, 2.45) is 5.92 Å². The molecule has 0 aromatic heterocycles. The molecule has 0 radical (unpaired) electrons. The lowest BCUT2D eigenvalue weighted by atomic mass is 10.2. The molecule has 100 valence electrons. The monoisotopic (exact) mass is 257 g/mol. The normalized spacial score (nSPS) is 11.0. The molecular formula is C15H19N3O. The van der Waals surface area contributed by atoms with E-state index in [-0.39, 0.29) is 5.57 Å². The second-order valence-corrected chi connectivity index (χ2v) is 4.80. The molecule has 1 rings (SSSR count). The van der Waals surface area contributed by atoms with Crippen LogP contribution in [-0.4, -0.2) is 12.5 Å². The molecule has 0 atom stereocenters. The van der Waals surface area contributed by atoms with Gasteiger partial charge in [-0.25, -0.2) is 0 Å². The van der Waals surface area contributed by atoms with E-state index in [1.807, 2.05) is 31.2 Å². The molecule has 2 N–H and O–H groups in total. The topological polar surface area (TPSA) is 64.9 Å². The smallest absolute Gasteiger partial charge is 0.267 e. The van der Waals surface area contributed by atoms with E-state index in [2.05, 4.69) is 24.5 Å². The van der Waals surface area contributed by atoms with Crippen LogP contribution in [0.3, 0.4) is 0 Å². The standard InChI is InChI=1S/C15H19N3O/c1-11(2)9-17-10-13(8-16)15(19)18-14-6-4-5-12(3)7-14/h4-7,10-11,17H,9H2,1-3H3,(H,18,19)/b13-10-. The lowest BCUT2D eigenvalue weighted by Crippen LogP contribution is -2.19. The van der Waals surface area contributed by atoms with Crippen LogP contribution in [0.4, 0.5) is 5.69 Å². The molecule has 0 unspecified atom stereocenters. The molecule has 4 nitrogen and oxygen atoms in total. The number of benzene rings is 1. The summed E-state index contributed by atoms with van der Waals surface area (Å²) in [7, 11) is 0. The average Bonchev–Trinajstić information content (AvgIpc) is 2.34. The van der Waals surface area contributed by atoms with Crippen LogP contribution in [0.2, 0.25) is 0 Å². The Balaban J connectivity index is 2.67. The number of nitrogens with one attached hydrogen (secondary N) is 2. The SMILES string of the molecule is Cc1cccc(NC(=O)/C(C#N)=C\NCC(C)C)c1. The summed E-state index contributed by atoms with van der Waals surface area (Å²) in [6.45, 7) is 6.78. The Labute approximate surface area is 114 Å². The van der Waals surface area contributed by atoms with Crippen molar-refractivity contribution in [2.45, 2.75) is 20.8 Å². The number of hydrogen-bond donors (Lipinski definition) is 2. The summed E-state index contributed by atoms with van der Waals surface area (Å²) in [5, 5.41) is 14.6. The van der Waals surface area contributed by atoms with Gasteiger partial charge in [0, 0.05) is 18.4 Å². The minimum absolute atomic E-state index is 0.0714. The van der Waals surface area contributed by atoms with Gasteiger partial charge in [0.05, 0.1) is 0 Å². The fourth-order valence-electron chi connectivity index (χ4n) is 1.47. The Kier molecular flexibility index (Phi) is 5.62. The number of anilines is 1. The highest BCUT2D eigenvalue weighted by atomic mass is 16.1. The van der Waals surface area contributed by atoms with Crippen LogP contribution in [0.15, 0.2) is 36.0 Å². The van der Waals surface area contributed by atoms with E-state index in [0.717, 1.165) is 12.1 Å². The van der Waals surface area contributed by atoms with Gasteiger partial charge in [0.25, 0.3) is 5.91 Å². The molecule has 0 bridgehead atoms. The Morgan fingerprint density at radius 1 is 1.47 bits per heavy atom. The van der Waals surface area contributed by atoms with Gasteiger partial charge in [-0.05, 0) is 30.5 Å². The van der Waals surface area contributed by atoms with Crippen molar-refractivity contribution in [3.8, 4) is 6.07 Å². The van der Waals surface area contributed by atoms with Gasteiger partial charge in [-0.15, -0.1) is 0 Å². The first-order valence-electron chi connectivity index (χ1n) is 6.24. The lowest BCUT2D eigenvalue weighted by Gasteiger charge is -2.07. The van der Waals surface area contributed by atoms with E-state index in [9.17, 15) is 4.79 Å². The fraction of sp³-hybridized carbons (Fsp3) is 0.333. The first kappa shape index (κ1) is 14.8. The van der Waals surface area contributed by atoms with Gasteiger partial charge in [-0.2, -0.15) is 5.26 Å². The predicted octanol–water partition coefficient (Wildman–Crippen LogP) is 2.59. The summed E-state index contributed by atoms with van der Waals surface area (Å²) in [5.74, 6) is 0.0559. The average molecular weight is 257 g/mol. The molecule has 0 aliphatic heterocycles. The summed E-state index contributed by atoms with van der Waals surface area (Å²) < 4.78 is 0. The van der Waals surface area contributed by atoms with E-state index in [4.69, 9.17) is 5.26 Å². The van der Waals surface area contributed by atoms with Gasteiger partial charge in [-0.1, -0.05) is 26.0 Å². The van der Waals surface area contributed by atoms with Crippen LogP contribution in [0, 0.1) is 24.2 Å². The van der Waals surface area contributed by atoms with E-state index in [1.165, 1.54) is 6.20 Å². The van der Waals surface area contributed by atoms with Crippen LogP contribution in [0.5, 0.6) is 0 Å². The Morgan fingerprint density at radius 3 is 2.79 bits per heavy atom. The maximum Gasteiger partial charge on any atom is 0.267 e. The molecule has 0 aliphatic rings. The Morgan fingerprint density at radius 2 is 2.21 bits per heavy atom. The third-order valence-corrected chi connectivity index (χ3v) is 2.41. The molecule has 0 aliphatic carbocycles. The zero-order valence-corrected chi connectivity index (χ0v) is 11.5. The first-order chi connectivity index (χ1) is 9.02. The van der Waals surface area contributed by atoms with Gasteiger partial charge in [0.2, 0.25) is 0 Å². The number of nitriles is 1. The van der Waals surface area contributed by atoms with Crippen LogP contribution >= 0.6 is 0 Å². The Hall–Kier alpha value is -2.28. The highest BCUT2D eigenvalue weighted by molar-refractivity contribution is 6.06. The van der Waals surface area contributed by atoms with E-state index in [1.54, 1.807) is 6.07 Å². The van der Waals surface area contributed by atoms with E-state index >= 15 is 0 Å². The summed E-state index contributed by atoms with van der Waals surface area (Å²) in [4.78, 5) is 11.9. The third-order valence-electron chi connectivity index (χ3n) is 2.41. The molecule has 0 fully saturated rings. The number of carbonyl (C=O) groups is 1. The van der Waals surface area contributed by atoms with Crippen molar-refractivity contribution in [1.29, 1.82) is 5.26 Å². The summed E-state index contributed by atoms with van der Waals surface area (Å²) >= 11 is 0. The summed E-state index contributed by atoms with van der Waals surface area (Å²) in [6, 6.07) is 9.35. The van der Waals surface area contributed by atoms with Crippen LogP contribution < -0.4 is 10.6 Å². The van der Waals surface area contributed by atoms with Crippen molar-refractivity contribution in [3.63, 3.8) is 0 Å². The zero-order chi connectivity index (χ0) is 14.3. The summed E-state index contributed by atoms with van der Waals surface area (Å²) in [5.41, 5.74) is 1.82. The second-order valence-electron chi connectivity index (χ2n) is 4.80. The predicted molar refractivity (Wildman–Crippen MR) is 76.3 cm³/mol. The number of rotatable bonds is 5. The number of aryl methyl sites for hydroxylation is 1.